The van der Waals surface area contributed by atoms with Crippen LogP contribution in [0.25, 0.3) is 0 Å². The average molecular weight is 482 g/mol. The second-order valence-corrected chi connectivity index (χ2v) is 9.67. The van der Waals surface area contributed by atoms with Gasteiger partial charge in [-0.2, -0.15) is 0 Å². The molecule has 0 bridgehead atoms. The predicted molar refractivity (Wildman–Crippen MR) is 127 cm³/mol. The van der Waals surface area contributed by atoms with Crippen LogP contribution in [0.2, 0.25) is 0 Å². The molecule has 0 radical (unpaired) electrons. The van der Waals surface area contributed by atoms with Crippen LogP contribution in [0.1, 0.15) is 104 Å². The Morgan fingerprint density at radius 1 is 0.812 bits per heavy atom. The second-order valence-electron chi connectivity index (χ2n) is 8.21. The number of phosphoric ester groups is 1. The van der Waals surface area contributed by atoms with Gasteiger partial charge in [-0.25, -0.2) is 4.57 Å². The predicted octanol–water partition coefficient (Wildman–Crippen LogP) is 5.51. The normalized spacial score (nSPS) is 14.2. The number of carbonyl (C=O) groups excluding carboxylic acids is 1. The molecule has 192 valence electrons. The lowest BCUT2D eigenvalue weighted by Gasteiger charge is -2.19. The highest BCUT2D eigenvalue weighted by Crippen LogP contribution is 2.43. The molecule has 2 unspecified atom stereocenters. The highest BCUT2D eigenvalue weighted by molar-refractivity contribution is 7.47. The van der Waals surface area contributed by atoms with Crippen molar-refractivity contribution >= 4 is 13.8 Å². The van der Waals surface area contributed by atoms with Gasteiger partial charge in [0.2, 0.25) is 0 Å². The van der Waals surface area contributed by atoms with E-state index in [1.807, 2.05) is 6.92 Å². The maximum Gasteiger partial charge on any atom is 0.472 e. The summed E-state index contributed by atoms with van der Waals surface area (Å²) in [5.41, 5.74) is 5.25. The Hall–Kier alpha value is -0.500. The molecular formula is C23H48NO7P. The first kappa shape index (κ1) is 31.5. The summed E-state index contributed by atoms with van der Waals surface area (Å²) in [6.07, 6.45) is 15.4. The fraction of sp³-hybridized carbons (Fsp3) is 0.957. The smallest absolute Gasteiger partial charge is 0.457 e. The fourth-order valence-corrected chi connectivity index (χ4v) is 3.97. The molecule has 0 spiro atoms. The van der Waals surface area contributed by atoms with Gasteiger partial charge in [-0.05, 0) is 12.8 Å². The second kappa shape index (κ2) is 22.3. The van der Waals surface area contributed by atoms with Crippen LogP contribution in [0.15, 0.2) is 0 Å². The Kier molecular flexibility index (Phi) is 22.0. The minimum Gasteiger partial charge on any atom is -0.457 e. The summed E-state index contributed by atoms with van der Waals surface area (Å²) in [6.45, 7) is 4.53. The molecule has 0 aliphatic carbocycles. The van der Waals surface area contributed by atoms with E-state index in [0.29, 0.717) is 13.0 Å². The van der Waals surface area contributed by atoms with Gasteiger partial charge in [0, 0.05) is 19.6 Å². The van der Waals surface area contributed by atoms with Gasteiger partial charge in [-0.15, -0.1) is 0 Å². The summed E-state index contributed by atoms with van der Waals surface area (Å²) in [7, 11) is -4.22. The van der Waals surface area contributed by atoms with E-state index in [9.17, 15) is 14.3 Å². The maximum atomic E-state index is 11.8. The molecule has 0 amide bonds. The molecule has 0 saturated carbocycles. The Morgan fingerprint density at radius 2 is 1.38 bits per heavy atom. The van der Waals surface area contributed by atoms with Crippen molar-refractivity contribution in [3.05, 3.63) is 0 Å². The minimum absolute atomic E-state index is 0.0937. The molecular weight excluding hydrogens is 433 g/mol. The standard InChI is InChI=1S/C23H48NO7P/c1-3-5-6-7-8-9-10-11-12-13-14-15-18-28-20-22(31-23(25)16-4-2)21-30-32(26,27)29-19-17-24/h22H,3-21,24H2,1-2H3,(H,26,27). The monoisotopic (exact) mass is 481 g/mol. The Bertz CT molecular complexity index is 479. The number of esters is 1. The summed E-state index contributed by atoms with van der Waals surface area (Å²) in [6, 6.07) is 0. The molecule has 0 aromatic heterocycles. The lowest BCUT2D eigenvalue weighted by atomic mass is 10.1. The Labute approximate surface area is 195 Å². The third-order valence-corrected chi connectivity index (χ3v) is 5.98. The number of carbonyl (C=O) groups is 1. The Balaban J connectivity index is 3.89. The Morgan fingerprint density at radius 3 is 1.91 bits per heavy atom. The first-order valence-corrected chi connectivity index (χ1v) is 14.0. The number of phosphoric acid groups is 1. The number of hydrogen-bond acceptors (Lipinski definition) is 7. The van der Waals surface area contributed by atoms with Gasteiger partial charge in [-0.1, -0.05) is 84.5 Å². The van der Waals surface area contributed by atoms with E-state index in [1.165, 1.54) is 64.2 Å². The number of unbranched alkanes of at least 4 members (excludes halogenated alkanes) is 11. The van der Waals surface area contributed by atoms with E-state index in [2.05, 4.69) is 6.92 Å². The minimum atomic E-state index is -4.22. The highest BCUT2D eigenvalue weighted by Gasteiger charge is 2.24. The lowest BCUT2D eigenvalue weighted by molar-refractivity contribution is -0.154. The number of hydrogen-bond donors (Lipinski definition) is 2. The summed E-state index contributed by atoms with van der Waals surface area (Å²) in [5.74, 6) is -0.384. The average Bonchev–Trinajstić information content (AvgIpc) is 2.76. The molecule has 8 nitrogen and oxygen atoms in total. The first-order chi connectivity index (χ1) is 15.4. The molecule has 0 aromatic carbocycles. The van der Waals surface area contributed by atoms with Gasteiger partial charge >= 0.3 is 13.8 Å². The molecule has 0 aromatic rings. The van der Waals surface area contributed by atoms with Crippen molar-refractivity contribution in [2.45, 2.75) is 110 Å². The van der Waals surface area contributed by atoms with Crippen LogP contribution in [0.3, 0.4) is 0 Å². The van der Waals surface area contributed by atoms with E-state index in [-0.39, 0.29) is 38.8 Å². The molecule has 0 fully saturated rings. The summed E-state index contributed by atoms with van der Waals surface area (Å²) < 4.78 is 32.3. The zero-order valence-electron chi connectivity index (χ0n) is 20.4. The van der Waals surface area contributed by atoms with Crippen molar-refractivity contribution in [2.24, 2.45) is 5.73 Å². The molecule has 32 heavy (non-hydrogen) atoms. The van der Waals surface area contributed by atoms with E-state index < -0.39 is 13.9 Å². The topological polar surface area (TPSA) is 117 Å². The van der Waals surface area contributed by atoms with Crippen LogP contribution in [0, 0.1) is 0 Å². The molecule has 0 rings (SSSR count). The molecule has 9 heteroatoms. The van der Waals surface area contributed by atoms with Crippen molar-refractivity contribution in [1.82, 2.24) is 0 Å². The van der Waals surface area contributed by atoms with Crippen LogP contribution < -0.4 is 5.73 Å². The van der Waals surface area contributed by atoms with Gasteiger partial charge in [0.05, 0.1) is 19.8 Å². The molecule has 0 saturated heterocycles. The summed E-state index contributed by atoms with van der Waals surface area (Å²) >= 11 is 0. The first-order valence-electron chi connectivity index (χ1n) is 12.5. The zero-order valence-corrected chi connectivity index (χ0v) is 21.3. The van der Waals surface area contributed by atoms with Crippen LogP contribution in [0.5, 0.6) is 0 Å². The highest BCUT2D eigenvalue weighted by atomic mass is 31.2. The van der Waals surface area contributed by atoms with Crippen molar-refractivity contribution in [3.63, 3.8) is 0 Å². The molecule has 3 N–H and O–H groups in total. The van der Waals surface area contributed by atoms with Crippen LogP contribution >= 0.6 is 7.82 Å². The van der Waals surface area contributed by atoms with Crippen molar-refractivity contribution < 1.29 is 32.8 Å². The summed E-state index contributed by atoms with van der Waals surface area (Å²) in [4.78, 5) is 21.4. The van der Waals surface area contributed by atoms with Gasteiger partial charge in [0.15, 0.2) is 0 Å². The molecule has 0 heterocycles. The van der Waals surface area contributed by atoms with Gasteiger partial charge in [-0.3, -0.25) is 13.8 Å². The fourth-order valence-electron chi connectivity index (χ4n) is 3.21. The van der Waals surface area contributed by atoms with Crippen molar-refractivity contribution in [3.8, 4) is 0 Å². The quantitative estimate of drug-likeness (QED) is 0.105. The van der Waals surface area contributed by atoms with Crippen LogP contribution in [-0.2, 0) is 27.9 Å². The van der Waals surface area contributed by atoms with E-state index >= 15 is 0 Å². The number of ether oxygens (including phenoxy) is 2. The molecule has 2 atom stereocenters. The van der Waals surface area contributed by atoms with Gasteiger partial charge in [0.1, 0.15) is 6.10 Å². The summed E-state index contributed by atoms with van der Waals surface area (Å²) in [5, 5.41) is 0. The largest absolute Gasteiger partial charge is 0.472 e. The van der Waals surface area contributed by atoms with E-state index in [4.69, 9.17) is 24.3 Å². The molecule has 0 aliphatic rings. The zero-order chi connectivity index (χ0) is 23.9. The third-order valence-electron chi connectivity index (χ3n) is 4.99. The van der Waals surface area contributed by atoms with Crippen molar-refractivity contribution in [1.29, 1.82) is 0 Å². The van der Waals surface area contributed by atoms with Gasteiger partial charge < -0.3 is 20.1 Å². The number of nitrogens with two attached hydrogens (primary N) is 1. The van der Waals surface area contributed by atoms with Crippen molar-refractivity contribution in [2.75, 3.05) is 33.0 Å². The third kappa shape index (κ3) is 21.4. The lowest BCUT2D eigenvalue weighted by Crippen LogP contribution is -2.28. The van der Waals surface area contributed by atoms with E-state index in [1.54, 1.807) is 0 Å². The van der Waals surface area contributed by atoms with Crippen LogP contribution in [0.4, 0.5) is 0 Å². The maximum absolute atomic E-state index is 11.8. The van der Waals surface area contributed by atoms with Gasteiger partial charge in [0.25, 0.3) is 0 Å². The van der Waals surface area contributed by atoms with E-state index in [0.717, 1.165) is 12.8 Å². The van der Waals surface area contributed by atoms with Crippen LogP contribution in [-0.4, -0.2) is 49.9 Å². The SMILES string of the molecule is CCCCCCCCCCCCCCOCC(COP(=O)(O)OCCN)OC(=O)CCC. The molecule has 0 aliphatic heterocycles. The number of rotatable bonds is 24.